The summed E-state index contributed by atoms with van der Waals surface area (Å²) in [5, 5.41) is 19.9. The first-order valence-electron chi connectivity index (χ1n) is 6.05. The quantitative estimate of drug-likeness (QED) is 0.747. The third-order valence-electron chi connectivity index (χ3n) is 2.53. The molecule has 1 aromatic heterocycles. The predicted octanol–water partition coefficient (Wildman–Crippen LogP) is 0.353. The summed E-state index contributed by atoms with van der Waals surface area (Å²) in [6, 6.07) is 8.06. The van der Waals surface area contributed by atoms with Crippen LogP contribution in [0.2, 0.25) is 0 Å². The maximum Gasteiger partial charge on any atom is 0.251 e. The van der Waals surface area contributed by atoms with Gasteiger partial charge in [-0.2, -0.15) is 10.2 Å². The molecule has 2 aromatic rings. The number of aromatic amines is 1. The first kappa shape index (κ1) is 14.2. The Bertz CT molecular complexity index is 698. The molecule has 0 saturated carbocycles. The number of anilines is 1. The maximum atomic E-state index is 11.8. The number of rotatable bonds is 4. The molecular weight excluding hydrogens is 272 g/mol. The van der Waals surface area contributed by atoms with Gasteiger partial charge < -0.3 is 5.32 Å². The number of carbonyl (C=O) groups excluding carboxylic acids is 2. The first-order valence-corrected chi connectivity index (χ1v) is 6.05. The van der Waals surface area contributed by atoms with E-state index in [1.54, 1.807) is 6.92 Å². The van der Waals surface area contributed by atoms with Gasteiger partial charge in [-0.25, -0.2) is 0 Å². The number of hydrogen-bond donors (Lipinski definition) is 3. The molecule has 8 nitrogen and oxygen atoms in total. The van der Waals surface area contributed by atoms with Crippen LogP contribution in [0.3, 0.4) is 0 Å². The SMILES string of the molecule is Cc1nc(NC(=O)CNC(=O)c2ccc(C#N)cc2)n[nH]1. The van der Waals surface area contributed by atoms with Crippen molar-refractivity contribution in [1.82, 2.24) is 20.5 Å². The van der Waals surface area contributed by atoms with Crippen molar-refractivity contribution in [3.8, 4) is 6.07 Å². The number of nitrogens with zero attached hydrogens (tertiary/aromatic N) is 3. The van der Waals surface area contributed by atoms with Crippen molar-refractivity contribution >= 4 is 17.8 Å². The summed E-state index contributed by atoms with van der Waals surface area (Å²) >= 11 is 0. The second kappa shape index (κ2) is 6.29. The number of aryl methyl sites for hydroxylation is 1. The van der Waals surface area contributed by atoms with Crippen molar-refractivity contribution < 1.29 is 9.59 Å². The van der Waals surface area contributed by atoms with Crippen LogP contribution in [0.4, 0.5) is 5.95 Å². The average molecular weight is 284 g/mol. The second-order valence-corrected chi connectivity index (χ2v) is 4.16. The highest BCUT2D eigenvalue weighted by atomic mass is 16.2. The monoisotopic (exact) mass is 284 g/mol. The Labute approximate surface area is 120 Å². The summed E-state index contributed by atoms with van der Waals surface area (Å²) in [6.45, 7) is 1.50. The Kier molecular flexibility index (Phi) is 4.26. The molecule has 0 bridgehead atoms. The van der Waals surface area contributed by atoms with Crippen LogP contribution in [0.5, 0.6) is 0 Å². The molecule has 0 aliphatic rings. The number of amides is 2. The van der Waals surface area contributed by atoms with E-state index in [2.05, 4.69) is 25.8 Å². The molecule has 1 heterocycles. The zero-order valence-electron chi connectivity index (χ0n) is 11.2. The first-order chi connectivity index (χ1) is 10.1. The molecule has 21 heavy (non-hydrogen) atoms. The van der Waals surface area contributed by atoms with Crippen molar-refractivity contribution in [2.45, 2.75) is 6.92 Å². The van der Waals surface area contributed by atoms with Crippen LogP contribution in [0.15, 0.2) is 24.3 Å². The molecule has 0 spiro atoms. The Balaban J connectivity index is 1.85. The number of aromatic nitrogens is 3. The van der Waals surface area contributed by atoms with Crippen LogP contribution in [0.1, 0.15) is 21.7 Å². The van der Waals surface area contributed by atoms with E-state index < -0.39 is 11.8 Å². The molecule has 0 atom stereocenters. The van der Waals surface area contributed by atoms with E-state index >= 15 is 0 Å². The smallest absolute Gasteiger partial charge is 0.251 e. The molecule has 0 fully saturated rings. The van der Waals surface area contributed by atoms with Gasteiger partial charge in [-0.3, -0.25) is 20.0 Å². The summed E-state index contributed by atoms with van der Waals surface area (Å²) in [5.74, 6) is -0.103. The standard InChI is InChI=1S/C13H12N6O2/c1-8-16-13(19-18-8)17-11(20)7-15-12(21)10-4-2-9(6-14)3-5-10/h2-5H,7H2,1H3,(H,15,21)(H2,16,17,18,19,20). The van der Waals surface area contributed by atoms with Crippen LogP contribution < -0.4 is 10.6 Å². The van der Waals surface area contributed by atoms with Crippen LogP contribution in [0.25, 0.3) is 0 Å². The lowest BCUT2D eigenvalue weighted by molar-refractivity contribution is -0.115. The maximum absolute atomic E-state index is 11.8. The summed E-state index contributed by atoms with van der Waals surface area (Å²) < 4.78 is 0. The lowest BCUT2D eigenvalue weighted by Gasteiger charge is -2.04. The zero-order chi connectivity index (χ0) is 15.2. The van der Waals surface area contributed by atoms with E-state index in [1.807, 2.05) is 6.07 Å². The predicted molar refractivity (Wildman–Crippen MR) is 73.2 cm³/mol. The minimum atomic E-state index is -0.434. The van der Waals surface area contributed by atoms with Crippen molar-refractivity contribution in [3.63, 3.8) is 0 Å². The Morgan fingerprint density at radius 2 is 2.05 bits per heavy atom. The van der Waals surface area contributed by atoms with Gasteiger partial charge in [0.1, 0.15) is 5.82 Å². The van der Waals surface area contributed by atoms with Gasteiger partial charge in [-0.05, 0) is 31.2 Å². The summed E-state index contributed by atoms with van der Waals surface area (Å²) in [6.07, 6.45) is 0. The van der Waals surface area contributed by atoms with Crippen LogP contribution in [-0.2, 0) is 4.79 Å². The summed E-state index contributed by atoms with van der Waals surface area (Å²) in [4.78, 5) is 27.3. The fraction of sp³-hybridized carbons (Fsp3) is 0.154. The molecule has 0 aliphatic carbocycles. The minimum Gasteiger partial charge on any atom is -0.343 e. The summed E-state index contributed by atoms with van der Waals surface area (Å²) in [5.41, 5.74) is 0.833. The third kappa shape index (κ3) is 3.87. The molecule has 1 aromatic carbocycles. The molecule has 3 N–H and O–H groups in total. The molecule has 8 heteroatoms. The molecule has 0 saturated heterocycles. The number of nitriles is 1. The molecule has 0 aliphatic heterocycles. The van der Waals surface area contributed by atoms with E-state index in [9.17, 15) is 9.59 Å². The van der Waals surface area contributed by atoms with Gasteiger partial charge in [0.2, 0.25) is 11.9 Å². The van der Waals surface area contributed by atoms with Crippen LogP contribution >= 0.6 is 0 Å². The number of nitrogens with one attached hydrogen (secondary N) is 3. The Hall–Kier alpha value is -3.21. The summed E-state index contributed by atoms with van der Waals surface area (Å²) in [7, 11) is 0. The Morgan fingerprint density at radius 3 is 2.62 bits per heavy atom. The second-order valence-electron chi connectivity index (χ2n) is 4.16. The van der Waals surface area contributed by atoms with Gasteiger partial charge in [-0.1, -0.05) is 0 Å². The van der Waals surface area contributed by atoms with Crippen LogP contribution in [0, 0.1) is 18.3 Å². The molecule has 106 valence electrons. The van der Waals surface area contributed by atoms with Crippen molar-refractivity contribution in [3.05, 3.63) is 41.2 Å². The lowest BCUT2D eigenvalue weighted by atomic mass is 10.1. The van der Waals surface area contributed by atoms with Gasteiger partial charge in [0.05, 0.1) is 18.2 Å². The highest BCUT2D eigenvalue weighted by molar-refractivity contribution is 5.98. The highest BCUT2D eigenvalue weighted by Crippen LogP contribution is 2.03. The van der Waals surface area contributed by atoms with Crippen molar-refractivity contribution in [1.29, 1.82) is 5.26 Å². The number of carbonyl (C=O) groups is 2. The van der Waals surface area contributed by atoms with Gasteiger partial charge >= 0.3 is 0 Å². The average Bonchev–Trinajstić information content (AvgIpc) is 2.90. The molecule has 2 rings (SSSR count). The van der Waals surface area contributed by atoms with Crippen molar-refractivity contribution in [2.24, 2.45) is 0 Å². The normalized spacial score (nSPS) is 9.71. The van der Waals surface area contributed by atoms with E-state index in [4.69, 9.17) is 5.26 Å². The molecule has 2 amide bonds. The minimum absolute atomic E-state index is 0.158. The topological polar surface area (TPSA) is 124 Å². The number of benzene rings is 1. The van der Waals surface area contributed by atoms with Gasteiger partial charge in [0, 0.05) is 5.56 Å². The van der Waals surface area contributed by atoms with E-state index in [0.29, 0.717) is 17.0 Å². The lowest BCUT2D eigenvalue weighted by Crippen LogP contribution is -2.33. The molecule has 0 radical (unpaired) electrons. The van der Waals surface area contributed by atoms with Gasteiger partial charge in [0.15, 0.2) is 0 Å². The van der Waals surface area contributed by atoms with Gasteiger partial charge in [0.25, 0.3) is 5.91 Å². The zero-order valence-corrected chi connectivity index (χ0v) is 11.2. The highest BCUT2D eigenvalue weighted by Gasteiger charge is 2.09. The van der Waals surface area contributed by atoms with E-state index in [0.717, 1.165) is 0 Å². The van der Waals surface area contributed by atoms with Crippen LogP contribution in [-0.4, -0.2) is 33.5 Å². The largest absolute Gasteiger partial charge is 0.343 e. The molecular formula is C13H12N6O2. The molecule has 0 unspecified atom stereocenters. The third-order valence-corrected chi connectivity index (χ3v) is 2.53. The number of hydrogen-bond acceptors (Lipinski definition) is 5. The fourth-order valence-corrected chi connectivity index (χ4v) is 1.53. The van der Waals surface area contributed by atoms with Gasteiger partial charge in [-0.15, -0.1) is 5.10 Å². The van der Waals surface area contributed by atoms with E-state index in [-0.39, 0.29) is 12.5 Å². The van der Waals surface area contributed by atoms with E-state index in [1.165, 1.54) is 24.3 Å². The van der Waals surface area contributed by atoms with Crippen molar-refractivity contribution in [2.75, 3.05) is 11.9 Å². The Morgan fingerprint density at radius 1 is 1.33 bits per heavy atom. The number of H-pyrrole nitrogens is 1. The fourth-order valence-electron chi connectivity index (χ4n) is 1.53.